The lowest BCUT2D eigenvalue weighted by molar-refractivity contribution is -0.117. The van der Waals surface area contributed by atoms with E-state index in [2.05, 4.69) is 10.6 Å². The van der Waals surface area contributed by atoms with E-state index in [1.165, 1.54) is 0 Å². The van der Waals surface area contributed by atoms with Crippen LogP contribution in [0.1, 0.15) is 6.42 Å². The van der Waals surface area contributed by atoms with Crippen molar-refractivity contribution >= 4 is 34.9 Å². The number of rotatable bonds is 4. The number of nitrogens with one attached hydrogen (secondary N) is 2. The van der Waals surface area contributed by atoms with Gasteiger partial charge in [0.15, 0.2) is 0 Å². The Balaban J connectivity index is 1.57. The lowest BCUT2D eigenvalue weighted by Crippen LogP contribution is -2.39. The number of nitrogens with zero attached hydrogens (tertiary/aromatic N) is 1. The van der Waals surface area contributed by atoms with Crippen LogP contribution < -0.4 is 20.3 Å². The molecule has 0 spiro atoms. The number of hydrogen-bond acceptors (Lipinski definition) is 3. The second-order valence-corrected chi connectivity index (χ2v) is 6.15. The maximum atomic E-state index is 12.2. The number of carbonyl (C=O) groups excluding carboxylic acids is 2. The molecule has 3 rings (SSSR count). The van der Waals surface area contributed by atoms with Crippen molar-refractivity contribution in [2.75, 3.05) is 23.9 Å². The number of methoxy groups -OCH3 is 1. The maximum Gasteiger partial charge on any atom is 0.319 e. The van der Waals surface area contributed by atoms with Crippen LogP contribution in [0.3, 0.4) is 0 Å². The predicted octanol–water partition coefficient (Wildman–Crippen LogP) is 3.28. The van der Waals surface area contributed by atoms with Gasteiger partial charge in [0, 0.05) is 29.4 Å². The summed E-state index contributed by atoms with van der Waals surface area (Å²) in [7, 11) is 1.58. The van der Waals surface area contributed by atoms with Gasteiger partial charge in [-0.2, -0.15) is 0 Å². The third-order valence-corrected chi connectivity index (χ3v) is 4.20. The lowest BCUT2D eigenvalue weighted by Gasteiger charge is -2.17. The molecule has 0 bridgehead atoms. The maximum absolute atomic E-state index is 12.2. The zero-order valence-electron chi connectivity index (χ0n) is 13.7. The number of carbonyl (C=O) groups is 2. The van der Waals surface area contributed by atoms with E-state index < -0.39 is 0 Å². The van der Waals surface area contributed by atoms with E-state index in [0.717, 1.165) is 5.69 Å². The molecule has 7 heteroatoms. The summed E-state index contributed by atoms with van der Waals surface area (Å²) >= 11 is 5.87. The summed E-state index contributed by atoms with van der Waals surface area (Å²) in [6.45, 7) is 0.427. The second-order valence-electron chi connectivity index (χ2n) is 5.71. The molecule has 3 amide bonds. The van der Waals surface area contributed by atoms with Crippen LogP contribution in [0.5, 0.6) is 5.75 Å². The lowest BCUT2D eigenvalue weighted by atomic mass is 10.2. The number of hydrogen-bond donors (Lipinski definition) is 2. The van der Waals surface area contributed by atoms with Crippen LogP contribution in [0.15, 0.2) is 48.5 Å². The Bertz CT molecular complexity index is 762. The van der Waals surface area contributed by atoms with Crippen molar-refractivity contribution in [2.45, 2.75) is 12.5 Å². The molecule has 0 unspecified atom stereocenters. The molecular weight excluding hydrogens is 342 g/mol. The highest BCUT2D eigenvalue weighted by Gasteiger charge is 2.31. The Hall–Kier alpha value is -2.73. The first-order valence-corrected chi connectivity index (χ1v) is 8.20. The minimum atomic E-state index is -0.346. The van der Waals surface area contributed by atoms with E-state index in [1.807, 2.05) is 0 Å². The van der Waals surface area contributed by atoms with Gasteiger partial charge in [0.25, 0.3) is 0 Å². The van der Waals surface area contributed by atoms with Gasteiger partial charge in [-0.15, -0.1) is 0 Å². The fraction of sp³-hybridized carbons (Fsp3) is 0.222. The number of urea groups is 1. The monoisotopic (exact) mass is 359 g/mol. The Kier molecular flexibility index (Phi) is 5.09. The van der Waals surface area contributed by atoms with Gasteiger partial charge in [-0.25, -0.2) is 4.79 Å². The van der Waals surface area contributed by atoms with E-state index in [1.54, 1.807) is 60.5 Å². The van der Waals surface area contributed by atoms with Crippen LogP contribution in [-0.4, -0.2) is 31.6 Å². The van der Waals surface area contributed by atoms with Crippen molar-refractivity contribution in [2.24, 2.45) is 0 Å². The van der Waals surface area contributed by atoms with Gasteiger partial charge in [0.1, 0.15) is 5.75 Å². The highest BCUT2D eigenvalue weighted by molar-refractivity contribution is 6.30. The Morgan fingerprint density at radius 3 is 2.48 bits per heavy atom. The fourth-order valence-electron chi connectivity index (χ4n) is 2.70. The minimum absolute atomic E-state index is 0.0305. The third kappa shape index (κ3) is 4.22. The molecule has 2 N–H and O–H groups in total. The Morgan fingerprint density at radius 1 is 1.16 bits per heavy atom. The van der Waals surface area contributed by atoms with Crippen LogP contribution in [-0.2, 0) is 4.79 Å². The Labute approximate surface area is 150 Å². The fourth-order valence-corrected chi connectivity index (χ4v) is 2.83. The highest BCUT2D eigenvalue weighted by atomic mass is 35.5. The van der Waals surface area contributed by atoms with Gasteiger partial charge in [0.2, 0.25) is 5.91 Å². The van der Waals surface area contributed by atoms with Crippen LogP contribution >= 0.6 is 11.6 Å². The standard InChI is InChI=1S/C18H18ClN3O3/c1-25-16-8-4-13(5-9-16)20-18(24)21-14-10-17(23)22(11-14)15-6-2-12(19)3-7-15/h2-9,14H,10-11H2,1H3,(H2,20,21,24)/t14-/m0/s1. The Morgan fingerprint density at radius 2 is 1.84 bits per heavy atom. The predicted molar refractivity (Wildman–Crippen MR) is 97.4 cm³/mol. The first-order valence-electron chi connectivity index (χ1n) is 7.82. The van der Waals surface area contributed by atoms with Crippen LogP contribution in [0.2, 0.25) is 5.02 Å². The molecule has 1 atom stereocenters. The van der Waals surface area contributed by atoms with Crippen molar-refractivity contribution in [3.8, 4) is 5.75 Å². The van der Waals surface area contributed by atoms with Gasteiger partial charge in [-0.05, 0) is 48.5 Å². The van der Waals surface area contributed by atoms with Crippen molar-refractivity contribution in [1.29, 1.82) is 0 Å². The van der Waals surface area contributed by atoms with Gasteiger partial charge < -0.3 is 20.3 Å². The molecule has 1 aliphatic heterocycles. The van der Waals surface area contributed by atoms with E-state index in [0.29, 0.717) is 23.0 Å². The van der Waals surface area contributed by atoms with E-state index in [-0.39, 0.29) is 24.4 Å². The van der Waals surface area contributed by atoms with Crippen molar-refractivity contribution in [1.82, 2.24) is 5.32 Å². The van der Waals surface area contributed by atoms with E-state index >= 15 is 0 Å². The van der Waals surface area contributed by atoms with Crippen molar-refractivity contribution in [3.05, 3.63) is 53.6 Å². The molecule has 0 saturated carbocycles. The zero-order valence-corrected chi connectivity index (χ0v) is 14.4. The number of benzene rings is 2. The van der Waals surface area contributed by atoms with Crippen molar-refractivity contribution in [3.63, 3.8) is 0 Å². The largest absolute Gasteiger partial charge is 0.497 e. The summed E-state index contributed by atoms with van der Waals surface area (Å²) in [6.07, 6.45) is 0.263. The molecule has 25 heavy (non-hydrogen) atoms. The van der Waals surface area contributed by atoms with E-state index in [4.69, 9.17) is 16.3 Å². The molecule has 1 heterocycles. The molecule has 1 fully saturated rings. The third-order valence-electron chi connectivity index (χ3n) is 3.95. The normalized spacial score (nSPS) is 16.6. The molecule has 2 aromatic carbocycles. The topological polar surface area (TPSA) is 70.7 Å². The number of ether oxygens (including phenoxy) is 1. The summed E-state index contributed by atoms with van der Waals surface area (Å²) < 4.78 is 5.08. The zero-order chi connectivity index (χ0) is 17.8. The number of anilines is 2. The van der Waals surface area contributed by atoms with Crippen LogP contribution in [0, 0.1) is 0 Å². The summed E-state index contributed by atoms with van der Waals surface area (Å²) in [4.78, 5) is 26.0. The summed E-state index contributed by atoms with van der Waals surface area (Å²) in [5, 5.41) is 6.19. The molecule has 0 aromatic heterocycles. The first kappa shape index (κ1) is 17.1. The second kappa shape index (κ2) is 7.44. The van der Waals surface area contributed by atoms with E-state index in [9.17, 15) is 9.59 Å². The smallest absolute Gasteiger partial charge is 0.319 e. The summed E-state index contributed by atoms with van der Waals surface area (Å²) in [5.74, 6) is 0.683. The minimum Gasteiger partial charge on any atom is -0.497 e. The van der Waals surface area contributed by atoms with Crippen molar-refractivity contribution < 1.29 is 14.3 Å². The quantitative estimate of drug-likeness (QED) is 0.880. The SMILES string of the molecule is COc1ccc(NC(=O)N[C@H]2CC(=O)N(c3ccc(Cl)cc3)C2)cc1. The number of amides is 3. The molecule has 1 aliphatic rings. The van der Waals surface area contributed by atoms with Crippen LogP contribution in [0.4, 0.5) is 16.2 Å². The van der Waals surface area contributed by atoms with Gasteiger partial charge in [0.05, 0.1) is 13.2 Å². The number of halogens is 1. The van der Waals surface area contributed by atoms with Crippen LogP contribution in [0.25, 0.3) is 0 Å². The first-order chi connectivity index (χ1) is 12.0. The van der Waals surface area contributed by atoms with Gasteiger partial charge >= 0.3 is 6.03 Å². The summed E-state index contributed by atoms with van der Waals surface area (Å²) in [6, 6.07) is 13.5. The molecular formula is C18H18ClN3O3. The molecule has 130 valence electrons. The highest BCUT2D eigenvalue weighted by Crippen LogP contribution is 2.23. The molecule has 1 saturated heterocycles. The molecule has 0 radical (unpaired) electrons. The molecule has 0 aliphatic carbocycles. The molecule has 6 nitrogen and oxygen atoms in total. The average molecular weight is 360 g/mol. The molecule has 2 aromatic rings. The van der Waals surface area contributed by atoms with Gasteiger partial charge in [-0.3, -0.25) is 4.79 Å². The average Bonchev–Trinajstić information content (AvgIpc) is 2.96. The van der Waals surface area contributed by atoms with Gasteiger partial charge in [-0.1, -0.05) is 11.6 Å². The summed E-state index contributed by atoms with van der Waals surface area (Å²) in [5.41, 5.74) is 1.42.